The molecule has 0 unspecified atom stereocenters. The third-order valence-corrected chi connectivity index (χ3v) is 5.71. The molecule has 0 saturated heterocycles. The molecule has 0 spiro atoms. The Labute approximate surface area is 219 Å². The van der Waals surface area contributed by atoms with Crippen LogP contribution in [0.25, 0.3) is 10.9 Å². The van der Waals surface area contributed by atoms with Crippen LogP contribution in [0.2, 0.25) is 0 Å². The number of amides is 1. The zero-order chi connectivity index (χ0) is 26.5. The summed E-state index contributed by atoms with van der Waals surface area (Å²) < 4.78 is 13.1. The summed E-state index contributed by atoms with van der Waals surface area (Å²) in [7, 11) is 0. The van der Waals surface area contributed by atoms with Crippen molar-refractivity contribution < 1.29 is 19.1 Å². The van der Waals surface area contributed by atoms with E-state index >= 15 is 0 Å². The molecule has 3 heterocycles. The number of carbonyl (C=O) groups excluding carboxylic acids is 1. The summed E-state index contributed by atoms with van der Waals surface area (Å²) in [4.78, 5) is 26.3. The van der Waals surface area contributed by atoms with Gasteiger partial charge in [0, 0.05) is 34.8 Å². The molecule has 0 radical (unpaired) electrons. The van der Waals surface area contributed by atoms with E-state index in [4.69, 9.17) is 14.3 Å². The van der Waals surface area contributed by atoms with Crippen molar-refractivity contribution >= 4 is 22.8 Å². The van der Waals surface area contributed by atoms with Gasteiger partial charge in [0.15, 0.2) is 5.82 Å². The Bertz CT molecular complexity index is 1540. The number of anilines is 1. The average molecular weight is 513 g/mol. The van der Waals surface area contributed by atoms with Crippen molar-refractivity contribution in [3.05, 3.63) is 96.2 Å². The summed E-state index contributed by atoms with van der Waals surface area (Å²) in [6, 6.07) is 20.7. The van der Waals surface area contributed by atoms with E-state index in [0.717, 1.165) is 16.6 Å². The summed E-state index contributed by atoms with van der Waals surface area (Å²) in [6.07, 6.45) is 2.45. The van der Waals surface area contributed by atoms with Gasteiger partial charge >= 0.3 is 6.09 Å². The molecule has 1 amide bonds. The molecule has 3 aromatic heterocycles. The highest BCUT2D eigenvalue weighted by molar-refractivity contribution is 5.86. The molecule has 0 bridgehead atoms. The van der Waals surface area contributed by atoms with Crippen LogP contribution >= 0.6 is 0 Å². The topological polar surface area (TPSA) is 116 Å². The van der Waals surface area contributed by atoms with Crippen LogP contribution in [0.1, 0.15) is 37.7 Å². The van der Waals surface area contributed by atoms with Crippen molar-refractivity contribution in [2.45, 2.75) is 39.4 Å². The number of H-pyrrole nitrogens is 1. The van der Waals surface area contributed by atoms with Gasteiger partial charge in [-0.2, -0.15) is 9.83 Å². The molecule has 0 saturated carbocycles. The zero-order valence-corrected chi connectivity index (χ0v) is 21.3. The van der Waals surface area contributed by atoms with Crippen molar-refractivity contribution in [1.29, 1.82) is 0 Å². The summed E-state index contributed by atoms with van der Waals surface area (Å²) in [5.41, 5.74) is 3.29. The predicted molar refractivity (Wildman–Crippen MR) is 142 cm³/mol. The number of fused-ring (bicyclic) bond motifs is 1. The number of aromatic nitrogens is 5. The van der Waals surface area contributed by atoms with Crippen molar-refractivity contribution in [2.24, 2.45) is 0 Å². The van der Waals surface area contributed by atoms with E-state index in [-0.39, 0.29) is 5.41 Å². The second-order valence-corrected chi connectivity index (χ2v) is 9.71. The number of aromatic amines is 1. The minimum Gasteiger partial charge on any atom is -0.439 e. The van der Waals surface area contributed by atoms with Crippen LogP contribution in [0.3, 0.4) is 0 Å². The van der Waals surface area contributed by atoms with Crippen LogP contribution in [0.4, 0.5) is 10.6 Å². The van der Waals surface area contributed by atoms with Crippen molar-refractivity contribution in [3.8, 4) is 11.6 Å². The van der Waals surface area contributed by atoms with E-state index in [2.05, 4.69) is 46.3 Å². The molecule has 5 rings (SSSR count). The van der Waals surface area contributed by atoms with E-state index in [1.54, 1.807) is 30.5 Å². The molecule has 2 aromatic carbocycles. The van der Waals surface area contributed by atoms with Gasteiger partial charge in [-0.3, -0.25) is 10.4 Å². The van der Waals surface area contributed by atoms with Gasteiger partial charge in [0.25, 0.3) is 0 Å². The molecule has 0 aliphatic carbocycles. The molecule has 0 atom stereocenters. The van der Waals surface area contributed by atoms with Gasteiger partial charge in [-0.1, -0.05) is 51.1 Å². The first kappa shape index (κ1) is 25.0. The maximum Gasteiger partial charge on any atom is 0.437 e. The Morgan fingerprint density at radius 1 is 1.00 bits per heavy atom. The first-order valence-corrected chi connectivity index (χ1v) is 12.1. The quantitative estimate of drug-likeness (QED) is 0.277. The number of ether oxygens (including phenoxy) is 2. The number of rotatable bonds is 8. The van der Waals surface area contributed by atoms with Crippen LogP contribution in [-0.2, 0) is 23.4 Å². The fourth-order valence-electron chi connectivity index (χ4n) is 3.71. The van der Waals surface area contributed by atoms with Gasteiger partial charge in [-0.05, 0) is 29.8 Å². The average Bonchev–Trinajstić information content (AvgIpc) is 3.52. The summed E-state index contributed by atoms with van der Waals surface area (Å²) in [6.45, 7) is 6.99. The monoisotopic (exact) mass is 512 g/mol. The lowest BCUT2D eigenvalue weighted by Gasteiger charge is -2.14. The van der Waals surface area contributed by atoms with E-state index in [9.17, 15) is 4.79 Å². The lowest BCUT2D eigenvalue weighted by Crippen LogP contribution is -2.24. The summed E-state index contributed by atoms with van der Waals surface area (Å²) in [5.74, 6) is 1.38. The number of carbonyl (C=O) groups is 1. The summed E-state index contributed by atoms with van der Waals surface area (Å²) >= 11 is 0. The maximum atomic E-state index is 12.4. The Morgan fingerprint density at radius 3 is 2.63 bits per heavy atom. The zero-order valence-electron chi connectivity index (χ0n) is 21.3. The number of benzene rings is 2. The van der Waals surface area contributed by atoms with E-state index < -0.39 is 6.09 Å². The second kappa shape index (κ2) is 10.7. The molecule has 5 aromatic rings. The lowest BCUT2D eigenvalue weighted by molar-refractivity contribution is 0.104. The fourth-order valence-corrected chi connectivity index (χ4v) is 3.71. The highest BCUT2D eigenvalue weighted by atomic mass is 16.7. The molecule has 194 valence electrons. The van der Waals surface area contributed by atoms with Crippen LogP contribution in [0.5, 0.6) is 11.6 Å². The van der Waals surface area contributed by atoms with Crippen LogP contribution in [0.15, 0.2) is 79.3 Å². The van der Waals surface area contributed by atoms with Crippen molar-refractivity contribution in [2.75, 3.05) is 5.32 Å². The maximum absolute atomic E-state index is 12.4. The van der Waals surface area contributed by atoms with E-state index in [0.29, 0.717) is 41.9 Å². The van der Waals surface area contributed by atoms with Gasteiger partial charge in [0.2, 0.25) is 5.88 Å². The Morgan fingerprint density at radius 2 is 1.84 bits per heavy atom. The minimum atomic E-state index is -0.655. The normalized spacial score (nSPS) is 11.4. The van der Waals surface area contributed by atoms with Gasteiger partial charge in [0.1, 0.15) is 12.1 Å². The van der Waals surface area contributed by atoms with E-state index in [1.165, 1.54) is 11.1 Å². The third kappa shape index (κ3) is 6.16. The molecule has 0 fully saturated rings. The van der Waals surface area contributed by atoms with Gasteiger partial charge in [0.05, 0.1) is 24.4 Å². The Balaban J connectivity index is 1.19. The van der Waals surface area contributed by atoms with Gasteiger partial charge in [-0.15, -0.1) is 0 Å². The third-order valence-electron chi connectivity index (χ3n) is 5.71. The van der Waals surface area contributed by atoms with Gasteiger partial charge in [-0.25, -0.2) is 14.8 Å². The van der Waals surface area contributed by atoms with Crippen LogP contribution in [-0.4, -0.2) is 31.0 Å². The summed E-state index contributed by atoms with van der Waals surface area (Å²) in [5, 5.41) is 10.5. The smallest absolute Gasteiger partial charge is 0.437 e. The highest BCUT2D eigenvalue weighted by Gasteiger charge is 2.18. The lowest BCUT2D eigenvalue weighted by atomic mass is 9.92. The molecule has 38 heavy (non-hydrogen) atoms. The Hall–Kier alpha value is -4.70. The Kier molecular flexibility index (Phi) is 7.05. The predicted octanol–water partition coefficient (Wildman–Crippen LogP) is 5.62. The van der Waals surface area contributed by atoms with E-state index in [1.807, 2.05) is 42.5 Å². The molecule has 10 heteroatoms. The number of nitrogens with one attached hydrogen (secondary N) is 2. The SMILES string of the molecule is CC(C)(C)c1cc(NC(=O)On2ccc3cc(Oc4cc(COCc5ccccc5)ncn4)ccc32)n[nH]1. The molecule has 0 aliphatic rings. The van der Waals surface area contributed by atoms with Crippen LogP contribution < -0.4 is 14.9 Å². The molecule has 2 N–H and O–H groups in total. The molecule has 0 aliphatic heterocycles. The number of nitrogens with zero attached hydrogens (tertiary/aromatic N) is 4. The second-order valence-electron chi connectivity index (χ2n) is 9.71. The molecule has 10 nitrogen and oxygen atoms in total. The highest BCUT2D eigenvalue weighted by Crippen LogP contribution is 2.26. The van der Waals surface area contributed by atoms with Crippen molar-refractivity contribution in [3.63, 3.8) is 0 Å². The number of hydrogen-bond acceptors (Lipinski definition) is 7. The first-order chi connectivity index (χ1) is 18.3. The minimum absolute atomic E-state index is 0.114. The molecular formula is C28H28N6O4. The van der Waals surface area contributed by atoms with Crippen molar-refractivity contribution in [1.82, 2.24) is 24.9 Å². The first-order valence-electron chi connectivity index (χ1n) is 12.1. The number of hydrogen-bond donors (Lipinski definition) is 2. The van der Waals surface area contributed by atoms with Crippen LogP contribution in [0, 0.1) is 0 Å². The largest absolute Gasteiger partial charge is 0.439 e. The molecular weight excluding hydrogens is 484 g/mol. The van der Waals surface area contributed by atoms with Gasteiger partial charge < -0.3 is 14.3 Å². The fraction of sp³-hybridized carbons (Fsp3) is 0.214. The standard InChI is InChI=1S/C28H28N6O4/c1-28(2,3)24-15-25(33-32-24)31-27(35)38-34-12-11-20-13-22(9-10-23(20)34)37-26-14-21(29-18-30-26)17-36-16-19-7-5-4-6-8-19/h4-15,18H,16-17H2,1-3H3,(H2,31,32,33,35).